The molecule has 0 spiro atoms. The van der Waals surface area contributed by atoms with Crippen LogP contribution in [0.5, 0.6) is 0 Å². The van der Waals surface area contributed by atoms with Gasteiger partial charge in [0.2, 0.25) is 0 Å². The summed E-state index contributed by atoms with van der Waals surface area (Å²) in [6, 6.07) is 2.17. The predicted octanol–water partition coefficient (Wildman–Crippen LogP) is 3.41. The van der Waals surface area contributed by atoms with E-state index in [0.717, 1.165) is 23.7 Å². The molecule has 0 saturated carbocycles. The summed E-state index contributed by atoms with van der Waals surface area (Å²) in [7, 11) is 0. The largest absolute Gasteiger partial charge is 0.469 e. The van der Waals surface area contributed by atoms with Gasteiger partial charge >= 0.3 is 0 Å². The fourth-order valence-corrected chi connectivity index (χ4v) is 1.57. The van der Waals surface area contributed by atoms with Crippen LogP contribution in [0.4, 0.5) is 0 Å². The van der Waals surface area contributed by atoms with Gasteiger partial charge in [-0.3, -0.25) is 0 Å². The van der Waals surface area contributed by atoms with Crippen LogP contribution in [-0.2, 0) is 0 Å². The van der Waals surface area contributed by atoms with E-state index >= 15 is 0 Å². The van der Waals surface area contributed by atoms with Crippen LogP contribution >= 0.6 is 0 Å². The van der Waals surface area contributed by atoms with Gasteiger partial charge in [0.15, 0.2) is 0 Å². The van der Waals surface area contributed by atoms with Crippen molar-refractivity contribution in [2.24, 2.45) is 11.7 Å². The molecule has 0 fully saturated rings. The fourth-order valence-electron chi connectivity index (χ4n) is 1.57. The SMILES string of the molecule is Cc1cc(C(N)CCCC(C)C)co1. The zero-order valence-corrected chi connectivity index (χ0v) is 9.42. The van der Waals surface area contributed by atoms with Crippen LogP contribution < -0.4 is 5.73 Å². The highest BCUT2D eigenvalue weighted by Crippen LogP contribution is 2.20. The molecule has 0 aliphatic heterocycles. The summed E-state index contributed by atoms with van der Waals surface area (Å²) in [6.07, 6.45) is 5.28. The third-order valence-corrected chi connectivity index (χ3v) is 2.48. The van der Waals surface area contributed by atoms with Crippen LogP contribution in [0.2, 0.25) is 0 Å². The molecular weight excluding hydrogens is 174 g/mol. The van der Waals surface area contributed by atoms with Crippen molar-refractivity contribution in [3.63, 3.8) is 0 Å². The molecule has 1 aromatic rings. The Kier molecular flexibility index (Phi) is 4.21. The van der Waals surface area contributed by atoms with E-state index in [2.05, 4.69) is 13.8 Å². The summed E-state index contributed by atoms with van der Waals surface area (Å²) in [4.78, 5) is 0. The molecule has 1 heterocycles. The van der Waals surface area contributed by atoms with Crippen molar-refractivity contribution >= 4 is 0 Å². The van der Waals surface area contributed by atoms with Gasteiger partial charge in [-0.1, -0.05) is 26.7 Å². The van der Waals surface area contributed by atoms with Crippen molar-refractivity contribution in [3.05, 3.63) is 23.7 Å². The Hall–Kier alpha value is -0.760. The van der Waals surface area contributed by atoms with Crippen LogP contribution in [0.15, 0.2) is 16.7 Å². The summed E-state index contributed by atoms with van der Waals surface area (Å²) in [5, 5.41) is 0. The van der Waals surface area contributed by atoms with Crippen molar-refractivity contribution in [2.75, 3.05) is 0 Å². The second-order valence-electron chi connectivity index (χ2n) is 4.42. The van der Waals surface area contributed by atoms with Gasteiger partial charge in [0.05, 0.1) is 6.26 Å². The lowest BCUT2D eigenvalue weighted by Crippen LogP contribution is -2.09. The van der Waals surface area contributed by atoms with Gasteiger partial charge in [-0.2, -0.15) is 0 Å². The van der Waals surface area contributed by atoms with Crippen LogP contribution in [0.1, 0.15) is 50.5 Å². The molecule has 0 bridgehead atoms. The van der Waals surface area contributed by atoms with Gasteiger partial charge in [-0.15, -0.1) is 0 Å². The summed E-state index contributed by atoms with van der Waals surface area (Å²) in [6.45, 7) is 6.44. The van der Waals surface area contributed by atoms with E-state index in [1.165, 1.54) is 12.8 Å². The number of nitrogens with two attached hydrogens (primary N) is 1. The lowest BCUT2D eigenvalue weighted by atomic mass is 10.0. The zero-order valence-electron chi connectivity index (χ0n) is 9.42. The molecule has 1 unspecified atom stereocenters. The molecule has 0 aliphatic rings. The van der Waals surface area contributed by atoms with E-state index in [1.54, 1.807) is 6.26 Å². The van der Waals surface area contributed by atoms with E-state index in [-0.39, 0.29) is 6.04 Å². The number of aryl methyl sites for hydroxylation is 1. The number of furan rings is 1. The molecule has 2 heteroatoms. The Morgan fingerprint density at radius 2 is 2.07 bits per heavy atom. The third kappa shape index (κ3) is 3.54. The first kappa shape index (κ1) is 11.3. The molecule has 2 nitrogen and oxygen atoms in total. The zero-order chi connectivity index (χ0) is 10.6. The smallest absolute Gasteiger partial charge is 0.101 e. The Bertz CT molecular complexity index is 265. The number of hydrogen-bond acceptors (Lipinski definition) is 2. The first-order valence-electron chi connectivity index (χ1n) is 5.40. The van der Waals surface area contributed by atoms with Crippen LogP contribution in [0, 0.1) is 12.8 Å². The quantitative estimate of drug-likeness (QED) is 0.782. The monoisotopic (exact) mass is 195 g/mol. The highest BCUT2D eigenvalue weighted by atomic mass is 16.3. The number of rotatable bonds is 5. The highest BCUT2D eigenvalue weighted by Gasteiger charge is 2.08. The van der Waals surface area contributed by atoms with Gasteiger partial charge in [0.1, 0.15) is 5.76 Å². The van der Waals surface area contributed by atoms with E-state index in [0.29, 0.717) is 0 Å². The highest BCUT2D eigenvalue weighted by molar-refractivity contribution is 5.15. The lowest BCUT2D eigenvalue weighted by Gasteiger charge is -2.09. The van der Waals surface area contributed by atoms with Crippen molar-refractivity contribution in [2.45, 2.75) is 46.1 Å². The third-order valence-electron chi connectivity index (χ3n) is 2.48. The van der Waals surface area contributed by atoms with Crippen LogP contribution in [-0.4, -0.2) is 0 Å². The molecule has 0 aromatic carbocycles. The Morgan fingerprint density at radius 1 is 1.36 bits per heavy atom. The van der Waals surface area contributed by atoms with Gasteiger partial charge in [0.25, 0.3) is 0 Å². The molecule has 80 valence electrons. The first-order valence-corrected chi connectivity index (χ1v) is 5.40. The lowest BCUT2D eigenvalue weighted by molar-refractivity contribution is 0.497. The van der Waals surface area contributed by atoms with E-state index in [4.69, 9.17) is 10.2 Å². The Balaban J connectivity index is 2.32. The second kappa shape index (κ2) is 5.20. The van der Waals surface area contributed by atoms with Crippen LogP contribution in [0.3, 0.4) is 0 Å². The van der Waals surface area contributed by atoms with Crippen molar-refractivity contribution in [1.29, 1.82) is 0 Å². The van der Waals surface area contributed by atoms with Crippen molar-refractivity contribution in [3.8, 4) is 0 Å². The fraction of sp³-hybridized carbons (Fsp3) is 0.667. The Labute approximate surface area is 86.5 Å². The molecule has 1 rings (SSSR count). The second-order valence-corrected chi connectivity index (χ2v) is 4.42. The van der Waals surface area contributed by atoms with Gasteiger partial charge in [-0.05, 0) is 25.3 Å². The summed E-state index contributed by atoms with van der Waals surface area (Å²) in [5.74, 6) is 1.72. The molecule has 14 heavy (non-hydrogen) atoms. The summed E-state index contributed by atoms with van der Waals surface area (Å²) in [5.41, 5.74) is 7.17. The summed E-state index contributed by atoms with van der Waals surface area (Å²) < 4.78 is 5.23. The average molecular weight is 195 g/mol. The minimum atomic E-state index is 0.145. The maximum absolute atomic E-state index is 6.03. The van der Waals surface area contributed by atoms with Gasteiger partial charge in [0, 0.05) is 11.6 Å². The molecule has 1 atom stereocenters. The van der Waals surface area contributed by atoms with E-state index in [9.17, 15) is 0 Å². The first-order chi connectivity index (χ1) is 6.59. The van der Waals surface area contributed by atoms with E-state index in [1.807, 2.05) is 13.0 Å². The summed E-state index contributed by atoms with van der Waals surface area (Å²) >= 11 is 0. The standard InChI is InChI=1S/C12H21NO/c1-9(2)5-4-6-12(13)11-7-10(3)14-8-11/h7-9,12H,4-6,13H2,1-3H3. The molecule has 2 N–H and O–H groups in total. The number of hydrogen-bond donors (Lipinski definition) is 1. The molecule has 0 radical (unpaired) electrons. The van der Waals surface area contributed by atoms with Crippen LogP contribution in [0.25, 0.3) is 0 Å². The van der Waals surface area contributed by atoms with Crippen molar-refractivity contribution in [1.82, 2.24) is 0 Å². The minimum absolute atomic E-state index is 0.145. The molecule has 0 amide bonds. The van der Waals surface area contributed by atoms with Gasteiger partial charge < -0.3 is 10.2 Å². The maximum Gasteiger partial charge on any atom is 0.101 e. The maximum atomic E-state index is 6.03. The van der Waals surface area contributed by atoms with Gasteiger partial charge in [-0.25, -0.2) is 0 Å². The topological polar surface area (TPSA) is 39.2 Å². The normalized spacial score (nSPS) is 13.5. The van der Waals surface area contributed by atoms with E-state index < -0.39 is 0 Å². The molecule has 0 aliphatic carbocycles. The average Bonchev–Trinajstić information content (AvgIpc) is 2.51. The molecular formula is C12H21NO. The Morgan fingerprint density at radius 3 is 2.57 bits per heavy atom. The van der Waals surface area contributed by atoms with Crippen molar-refractivity contribution < 1.29 is 4.42 Å². The molecule has 1 aromatic heterocycles. The minimum Gasteiger partial charge on any atom is -0.469 e. The molecule has 0 saturated heterocycles. The predicted molar refractivity (Wildman–Crippen MR) is 59.1 cm³/mol.